The molecular weight excluding hydrogens is 334 g/mol. The van der Waals surface area contributed by atoms with Crippen LogP contribution in [0.4, 0.5) is 5.69 Å². The molecule has 0 saturated heterocycles. The third kappa shape index (κ3) is 5.32. The predicted molar refractivity (Wildman–Crippen MR) is 111 cm³/mol. The Labute approximate surface area is 160 Å². The highest BCUT2D eigenvalue weighted by Crippen LogP contribution is 2.20. The lowest BCUT2D eigenvalue weighted by Gasteiger charge is -2.06. The predicted octanol–water partition coefficient (Wildman–Crippen LogP) is 5.95. The molecule has 0 spiro atoms. The molecule has 0 heterocycles. The summed E-state index contributed by atoms with van der Waals surface area (Å²) in [5.41, 5.74) is 3.80. The van der Waals surface area contributed by atoms with Gasteiger partial charge in [-0.2, -0.15) is 0 Å². The first-order chi connectivity index (χ1) is 13.3. The van der Waals surface area contributed by atoms with E-state index in [1.165, 1.54) is 0 Å². The first-order valence-electron chi connectivity index (χ1n) is 9.12. The summed E-state index contributed by atoms with van der Waals surface area (Å²) in [6.45, 7) is 2.79. The highest BCUT2D eigenvalue weighted by Gasteiger charge is 2.03. The van der Waals surface area contributed by atoms with Crippen LogP contribution in [0.5, 0.6) is 5.75 Å². The molecule has 3 nitrogen and oxygen atoms in total. The largest absolute Gasteiger partial charge is 0.494 e. The molecule has 3 aromatic carbocycles. The van der Waals surface area contributed by atoms with E-state index in [0.29, 0.717) is 12.2 Å². The first kappa shape index (κ1) is 18.5. The summed E-state index contributed by atoms with van der Waals surface area (Å²) in [4.78, 5) is 12.3. The van der Waals surface area contributed by atoms with E-state index in [4.69, 9.17) is 4.74 Å². The number of hydrogen-bond donors (Lipinski definition) is 1. The van der Waals surface area contributed by atoms with E-state index in [1.807, 2.05) is 66.7 Å². The van der Waals surface area contributed by atoms with Crippen molar-refractivity contribution in [2.24, 2.45) is 0 Å². The maximum Gasteiger partial charge on any atom is 0.187 e. The van der Waals surface area contributed by atoms with Crippen LogP contribution in [0.1, 0.15) is 23.7 Å². The van der Waals surface area contributed by atoms with E-state index >= 15 is 0 Å². The quantitative estimate of drug-likeness (QED) is 0.400. The number of carbonyl (C=O) groups is 1. The van der Waals surface area contributed by atoms with E-state index < -0.39 is 0 Å². The van der Waals surface area contributed by atoms with Crippen LogP contribution in [0.25, 0.3) is 11.1 Å². The van der Waals surface area contributed by atoms with Gasteiger partial charge >= 0.3 is 0 Å². The zero-order valence-corrected chi connectivity index (χ0v) is 15.4. The Morgan fingerprint density at radius 2 is 1.56 bits per heavy atom. The van der Waals surface area contributed by atoms with Crippen LogP contribution < -0.4 is 10.1 Å². The summed E-state index contributed by atoms with van der Waals surface area (Å²) in [5.74, 6) is 0.811. The summed E-state index contributed by atoms with van der Waals surface area (Å²) < 4.78 is 5.55. The molecule has 3 aromatic rings. The number of allylic oxidation sites excluding steroid dienone is 1. The number of nitrogens with one attached hydrogen (secondary N) is 1. The maximum atomic E-state index is 12.3. The minimum Gasteiger partial charge on any atom is -0.494 e. The molecule has 27 heavy (non-hydrogen) atoms. The van der Waals surface area contributed by atoms with Gasteiger partial charge < -0.3 is 10.1 Å². The van der Waals surface area contributed by atoms with E-state index in [-0.39, 0.29) is 5.78 Å². The van der Waals surface area contributed by atoms with Gasteiger partial charge in [-0.25, -0.2) is 0 Å². The van der Waals surface area contributed by atoms with Crippen LogP contribution in [-0.4, -0.2) is 12.4 Å². The molecule has 0 radical (unpaired) electrons. The van der Waals surface area contributed by atoms with Crippen molar-refractivity contribution in [3.63, 3.8) is 0 Å². The molecule has 0 unspecified atom stereocenters. The second kappa shape index (κ2) is 9.39. The van der Waals surface area contributed by atoms with Gasteiger partial charge in [0.15, 0.2) is 5.78 Å². The fraction of sp³-hybridized carbons (Fsp3) is 0.125. The smallest absolute Gasteiger partial charge is 0.187 e. The molecule has 0 saturated carbocycles. The van der Waals surface area contributed by atoms with E-state index in [1.54, 1.807) is 12.3 Å². The Hall–Kier alpha value is -3.33. The molecule has 0 aliphatic rings. The molecule has 1 N–H and O–H groups in total. The molecule has 136 valence electrons. The van der Waals surface area contributed by atoms with Crippen molar-refractivity contribution >= 4 is 11.5 Å². The van der Waals surface area contributed by atoms with Gasteiger partial charge in [-0.3, -0.25) is 4.79 Å². The fourth-order valence-corrected chi connectivity index (χ4v) is 2.63. The van der Waals surface area contributed by atoms with E-state index in [9.17, 15) is 4.79 Å². The molecule has 0 bridgehead atoms. The standard InChI is InChI=1S/C24H23NO2/c1-2-18-27-23-14-12-22(13-15-23)25-17-16-24(26)21-10-8-20(9-11-21)19-6-4-3-5-7-19/h3-17,25H,2,18H2,1H3/b17-16+. The lowest BCUT2D eigenvalue weighted by molar-refractivity contribution is 0.104. The molecule has 0 aliphatic carbocycles. The highest BCUT2D eigenvalue weighted by molar-refractivity contribution is 6.04. The van der Waals surface area contributed by atoms with Crippen molar-refractivity contribution in [1.29, 1.82) is 0 Å². The van der Waals surface area contributed by atoms with Gasteiger partial charge in [0, 0.05) is 23.5 Å². The van der Waals surface area contributed by atoms with Crippen molar-refractivity contribution in [2.75, 3.05) is 11.9 Å². The second-order valence-electron chi connectivity index (χ2n) is 6.16. The van der Waals surface area contributed by atoms with Gasteiger partial charge in [0.1, 0.15) is 5.75 Å². The Morgan fingerprint density at radius 3 is 2.22 bits per heavy atom. The van der Waals surface area contributed by atoms with Gasteiger partial charge in [0.25, 0.3) is 0 Å². The summed E-state index contributed by atoms with van der Waals surface area (Å²) in [5, 5.41) is 3.11. The normalized spacial score (nSPS) is 10.7. The van der Waals surface area contributed by atoms with Crippen LogP contribution in [0.3, 0.4) is 0 Å². The number of ether oxygens (including phenoxy) is 1. The van der Waals surface area contributed by atoms with Gasteiger partial charge in [-0.05, 0) is 41.8 Å². The summed E-state index contributed by atoms with van der Waals surface area (Å²) in [6, 6.07) is 25.4. The van der Waals surface area contributed by atoms with Crippen LogP contribution >= 0.6 is 0 Å². The lowest BCUT2D eigenvalue weighted by Crippen LogP contribution is -1.97. The molecular formula is C24H23NO2. The van der Waals surface area contributed by atoms with Crippen molar-refractivity contribution in [2.45, 2.75) is 13.3 Å². The average Bonchev–Trinajstić information content (AvgIpc) is 2.74. The van der Waals surface area contributed by atoms with Crippen molar-refractivity contribution in [3.8, 4) is 16.9 Å². The van der Waals surface area contributed by atoms with Gasteiger partial charge in [-0.15, -0.1) is 0 Å². The van der Waals surface area contributed by atoms with Crippen molar-refractivity contribution < 1.29 is 9.53 Å². The minimum atomic E-state index is -0.0370. The maximum absolute atomic E-state index is 12.3. The SMILES string of the molecule is CCCOc1ccc(N/C=C/C(=O)c2ccc(-c3ccccc3)cc2)cc1. The minimum absolute atomic E-state index is 0.0370. The Balaban J connectivity index is 1.56. The average molecular weight is 357 g/mol. The lowest BCUT2D eigenvalue weighted by atomic mass is 10.0. The Bertz CT molecular complexity index is 882. The van der Waals surface area contributed by atoms with Crippen molar-refractivity contribution in [1.82, 2.24) is 0 Å². The number of ketones is 1. The monoisotopic (exact) mass is 357 g/mol. The first-order valence-corrected chi connectivity index (χ1v) is 9.12. The number of anilines is 1. The van der Waals surface area contributed by atoms with Crippen LogP contribution in [0, 0.1) is 0 Å². The Kier molecular flexibility index (Phi) is 6.42. The number of hydrogen-bond acceptors (Lipinski definition) is 3. The number of carbonyl (C=O) groups excluding carboxylic acids is 1. The van der Waals surface area contributed by atoms with E-state index in [0.717, 1.165) is 29.0 Å². The van der Waals surface area contributed by atoms with Gasteiger partial charge in [0.2, 0.25) is 0 Å². The molecule has 3 rings (SSSR count). The number of rotatable bonds is 8. The Morgan fingerprint density at radius 1 is 0.889 bits per heavy atom. The fourth-order valence-electron chi connectivity index (χ4n) is 2.63. The van der Waals surface area contributed by atoms with Crippen molar-refractivity contribution in [3.05, 3.63) is 96.7 Å². The number of benzene rings is 3. The summed E-state index contributed by atoms with van der Waals surface area (Å²) in [7, 11) is 0. The van der Waals surface area contributed by atoms with E-state index in [2.05, 4.69) is 24.4 Å². The molecule has 0 aliphatic heterocycles. The van der Waals surface area contributed by atoms with Gasteiger partial charge in [0.05, 0.1) is 6.61 Å². The zero-order chi connectivity index (χ0) is 18.9. The van der Waals surface area contributed by atoms with Crippen LogP contribution in [0.15, 0.2) is 91.1 Å². The summed E-state index contributed by atoms with van der Waals surface area (Å²) in [6.07, 6.45) is 4.19. The molecule has 0 aromatic heterocycles. The molecule has 0 atom stereocenters. The molecule has 0 amide bonds. The molecule has 0 fully saturated rings. The third-order valence-corrected chi connectivity index (χ3v) is 4.09. The molecule has 3 heteroatoms. The van der Waals surface area contributed by atoms with Gasteiger partial charge in [-0.1, -0.05) is 61.5 Å². The topological polar surface area (TPSA) is 38.3 Å². The van der Waals surface area contributed by atoms with Crippen LogP contribution in [0.2, 0.25) is 0 Å². The summed E-state index contributed by atoms with van der Waals surface area (Å²) >= 11 is 0. The second-order valence-corrected chi connectivity index (χ2v) is 6.16. The highest BCUT2D eigenvalue weighted by atomic mass is 16.5. The van der Waals surface area contributed by atoms with Crippen LogP contribution in [-0.2, 0) is 0 Å². The third-order valence-electron chi connectivity index (χ3n) is 4.09. The zero-order valence-electron chi connectivity index (χ0n) is 15.4.